The third-order valence-electron chi connectivity index (χ3n) is 6.05. The first-order valence-corrected chi connectivity index (χ1v) is 9.89. The summed E-state index contributed by atoms with van der Waals surface area (Å²) in [5.74, 6) is 0.388. The number of hydrogen-bond donors (Lipinski definition) is 0. The summed E-state index contributed by atoms with van der Waals surface area (Å²) in [4.78, 5) is 30.7. The van der Waals surface area contributed by atoms with Crippen molar-refractivity contribution in [2.75, 3.05) is 13.9 Å². The van der Waals surface area contributed by atoms with Crippen LogP contribution in [0.4, 0.5) is 0 Å². The Hall–Kier alpha value is -3.35. The zero-order chi connectivity index (χ0) is 20.8. The van der Waals surface area contributed by atoms with Crippen LogP contribution < -0.4 is 9.47 Å². The SMILES string of the molecule is COC(=O)C1C(C)=NC2=C(C(=O)C[C@@H](c3ccco3)C2)[C@H]1c1ccc2c(c1)OCO2. The number of aliphatic imine (C=N–C) groups is 1. The monoisotopic (exact) mass is 407 g/mol. The van der Waals surface area contributed by atoms with Crippen LogP contribution in [0.2, 0.25) is 0 Å². The van der Waals surface area contributed by atoms with Crippen molar-refractivity contribution in [3.8, 4) is 11.5 Å². The fourth-order valence-electron chi connectivity index (χ4n) is 4.68. The summed E-state index contributed by atoms with van der Waals surface area (Å²) in [6.07, 6.45) is 2.51. The van der Waals surface area contributed by atoms with Crippen LogP contribution in [0.1, 0.15) is 42.9 Å². The molecular weight excluding hydrogens is 386 g/mol. The Kier molecular flexibility index (Phi) is 4.46. The van der Waals surface area contributed by atoms with Gasteiger partial charge in [-0.05, 0) is 36.8 Å². The van der Waals surface area contributed by atoms with Gasteiger partial charge in [-0.2, -0.15) is 0 Å². The van der Waals surface area contributed by atoms with E-state index in [1.807, 2.05) is 37.3 Å². The summed E-state index contributed by atoms with van der Waals surface area (Å²) in [6.45, 7) is 1.97. The van der Waals surface area contributed by atoms with Gasteiger partial charge in [0, 0.05) is 41.7 Å². The first kappa shape index (κ1) is 18.7. The van der Waals surface area contributed by atoms with Gasteiger partial charge in [-0.25, -0.2) is 0 Å². The van der Waals surface area contributed by atoms with Crippen molar-refractivity contribution in [2.45, 2.75) is 31.6 Å². The molecule has 3 atom stereocenters. The van der Waals surface area contributed by atoms with Crippen molar-refractivity contribution in [1.82, 2.24) is 0 Å². The highest BCUT2D eigenvalue weighted by Crippen LogP contribution is 2.48. The van der Waals surface area contributed by atoms with Gasteiger partial charge in [0.05, 0.1) is 13.4 Å². The molecule has 30 heavy (non-hydrogen) atoms. The maximum atomic E-state index is 13.3. The number of esters is 1. The van der Waals surface area contributed by atoms with Gasteiger partial charge in [-0.3, -0.25) is 14.6 Å². The Bertz CT molecular complexity index is 1080. The number of benzene rings is 1. The molecule has 0 bridgehead atoms. The van der Waals surface area contributed by atoms with E-state index in [-0.39, 0.29) is 18.5 Å². The van der Waals surface area contributed by atoms with Crippen molar-refractivity contribution in [3.05, 3.63) is 59.2 Å². The molecule has 0 saturated carbocycles. The van der Waals surface area contributed by atoms with Gasteiger partial charge in [0.15, 0.2) is 17.3 Å². The molecule has 1 aliphatic carbocycles. The molecule has 2 aliphatic heterocycles. The third kappa shape index (κ3) is 2.93. The number of hydrogen-bond acceptors (Lipinski definition) is 7. The molecule has 0 amide bonds. The Labute approximate surface area is 173 Å². The molecule has 3 aliphatic rings. The van der Waals surface area contributed by atoms with Crippen LogP contribution in [0.25, 0.3) is 0 Å². The van der Waals surface area contributed by atoms with Gasteiger partial charge in [0.2, 0.25) is 6.79 Å². The fraction of sp³-hybridized carbons (Fsp3) is 0.348. The molecule has 5 rings (SSSR count). The predicted molar refractivity (Wildman–Crippen MR) is 107 cm³/mol. The molecule has 154 valence electrons. The molecule has 7 heteroatoms. The van der Waals surface area contributed by atoms with E-state index in [4.69, 9.17) is 23.6 Å². The maximum Gasteiger partial charge on any atom is 0.315 e. The van der Waals surface area contributed by atoms with Crippen molar-refractivity contribution >= 4 is 17.5 Å². The van der Waals surface area contributed by atoms with E-state index in [0.29, 0.717) is 41.3 Å². The van der Waals surface area contributed by atoms with Crippen LogP contribution in [0.3, 0.4) is 0 Å². The van der Waals surface area contributed by atoms with Crippen LogP contribution in [0.5, 0.6) is 11.5 Å². The molecule has 1 aromatic heterocycles. The van der Waals surface area contributed by atoms with Crippen LogP contribution in [-0.2, 0) is 14.3 Å². The van der Waals surface area contributed by atoms with E-state index in [0.717, 1.165) is 11.3 Å². The lowest BCUT2D eigenvalue weighted by Gasteiger charge is -2.36. The lowest BCUT2D eigenvalue weighted by Crippen LogP contribution is -2.37. The topological polar surface area (TPSA) is 87.3 Å². The Balaban J connectivity index is 1.62. The predicted octanol–water partition coefficient (Wildman–Crippen LogP) is 3.76. The first-order chi connectivity index (χ1) is 14.6. The van der Waals surface area contributed by atoms with Crippen molar-refractivity contribution in [1.29, 1.82) is 0 Å². The quantitative estimate of drug-likeness (QED) is 0.720. The zero-order valence-corrected chi connectivity index (χ0v) is 16.7. The smallest absolute Gasteiger partial charge is 0.315 e. The lowest BCUT2D eigenvalue weighted by molar-refractivity contribution is -0.143. The van der Waals surface area contributed by atoms with E-state index in [1.165, 1.54) is 7.11 Å². The summed E-state index contributed by atoms with van der Waals surface area (Å²) >= 11 is 0. The third-order valence-corrected chi connectivity index (χ3v) is 6.05. The second-order valence-electron chi connectivity index (χ2n) is 7.75. The first-order valence-electron chi connectivity index (χ1n) is 9.89. The molecule has 0 N–H and O–H groups in total. The van der Waals surface area contributed by atoms with Gasteiger partial charge in [-0.1, -0.05) is 6.07 Å². The average molecular weight is 407 g/mol. The standard InChI is InChI=1S/C23H21NO6/c1-12-20(23(26)27-2)21(13-5-6-18-19(10-13)30-11-29-18)22-15(24-12)8-14(9-16(22)25)17-4-3-7-28-17/h3-7,10,14,20-21H,8-9,11H2,1-2H3/t14-,20?,21-/m0/s1. The molecule has 0 radical (unpaired) electrons. The molecule has 3 heterocycles. The van der Waals surface area contributed by atoms with Crippen molar-refractivity contribution < 1.29 is 28.2 Å². The van der Waals surface area contributed by atoms with E-state index >= 15 is 0 Å². The highest BCUT2D eigenvalue weighted by atomic mass is 16.7. The second kappa shape index (κ2) is 7.16. The van der Waals surface area contributed by atoms with Crippen LogP contribution in [-0.4, -0.2) is 31.4 Å². The summed E-state index contributed by atoms with van der Waals surface area (Å²) in [5.41, 5.74) is 2.74. The molecule has 2 aromatic rings. The van der Waals surface area contributed by atoms with E-state index < -0.39 is 17.8 Å². The number of carbonyl (C=O) groups excluding carboxylic acids is 2. The average Bonchev–Trinajstić information content (AvgIpc) is 3.43. The lowest BCUT2D eigenvalue weighted by atomic mass is 9.70. The highest BCUT2D eigenvalue weighted by Gasteiger charge is 2.45. The van der Waals surface area contributed by atoms with Crippen molar-refractivity contribution in [2.24, 2.45) is 10.9 Å². The number of fused-ring (bicyclic) bond motifs is 1. The largest absolute Gasteiger partial charge is 0.469 e. The minimum absolute atomic E-state index is 0.0227. The van der Waals surface area contributed by atoms with E-state index in [1.54, 1.807) is 6.26 Å². The van der Waals surface area contributed by atoms with Crippen LogP contribution in [0, 0.1) is 5.92 Å². The summed E-state index contributed by atoms with van der Waals surface area (Å²) in [5, 5.41) is 0. The van der Waals surface area contributed by atoms with Gasteiger partial charge in [0.1, 0.15) is 11.7 Å². The Morgan fingerprint density at radius 2 is 2.00 bits per heavy atom. The number of rotatable bonds is 3. The Morgan fingerprint density at radius 3 is 2.77 bits per heavy atom. The summed E-state index contributed by atoms with van der Waals surface area (Å²) in [7, 11) is 1.35. The van der Waals surface area contributed by atoms with Crippen LogP contribution in [0.15, 0.2) is 57.3 Å². The maximum absolute atomic E-state index is 13.3. The summed E-state index contributed by atoms with van der Waals surface area (Å²) in [6, 6.07) is 9.24. The molecular formula is C23H21NO6. The second-order valence-corrected chi connectivity index (χ2v) is 7.75. The molecule has 7 nitrogen and oxygen atoms in total. The number of carbonyl (C=O) groups is 2. The molecule has 1 aromatic carbocycles. The number of Topliss-reactive ketones (excluding diaryl/α,β-unsaturated/α-hetero) is 1. The molecule has 0 spiro atoms. The minimum atomic E-state index is -0.668. The number of allylic oxidation sites excluding steroid dienone is 2. The number of methoxy groups -OCH3 is 1. The number of nitrogens with zero attached hydrogens (tertiary/aromatic N) is 1. The molecule has 0 saturated heterocycles. The zero-order valence-electron chi connectivity index (χ0n) is 16.7. The number of ketones is 1. The fourth-order valence-corrected chi connectivity index (χ4v) is 4.68. The van der Waals surface area contributed by atoms with Crippen LogP contribution >= 0.6 is 0 Å². The van der Waals surface area contributed by atoms with Gasteiger partial charge in [-0.15, -0.1) is 0 Å². The molecule has 1 unspecified atom stereocenters. The van der Waals surface area contributed by atoms with E-state index in [9.17, 15) is 9.59 Å². The normalized spacial score (nSPS) is 25.1. The van der Waals surface area contributed by atoms with E-state index in [2.05, 4.69) is 0 Å². The Morgan fingerprint density at radius 1 is 1.17 bits per heavy atom. The van der Waals surface area contributed by atoms with Gasteiger partial charge >= 0.3 is 5.97 Å². The van der Waals surface area contributed by atoms with Crippen molar-refractivity contribution in [3.63, 3.8) is 0 Å². The molecule has 0 fully saturated rings. The van der Waals surface area contributed by atoms with Gasteiger partial charge in [0.25, 0.3) is 0 Å². The number of furan rings is 1. The van der Waals surface area contributed by atoms with Gasteiger partial charge < -0.3 is 18.6 Å². The number of ether oxygens (including phenoxy) is 3. The minimum Gasteiger partial charge on any atom is -0.469 e. The highest BCUT2D eigenvalue weighted by molar-refractivity contribution is 6.09. The summed E-state index contributed by atoms with van der Waals surface area (Å²) < 4.78 is 21.6.